The molecular weight excluding hydrogens is 472 g/mol. The van der Waals surface area contributed by atoms with Crippen LogP contribution < -0.4 is 33.6 Å². The van der Waals surface area contributed by atoms with Gasteiger partial charge in [-0.25, -0.2) is 0 Å². The van der Waals surface area contributed by atoms with Gasteiger partial charge in [-0.1, -0.05) is 30.3 Å². The Morgan fingerprint density at radius 1 is 0.973 bits per heavy atom. The van der Waals surface area contributed by atoms with Gasteiger partial charge in [0.05, 0.1) is 6.04 Å². The predicted molar refractivity (Wildman–Crippen MR) is 145 cm³/mol. The fourth-order valence-corrected chi connectivity index (χ4v) is 4.56. The predicted octanol–water partition coefficient (Wildman–Crippen LogP) is -0.279. The number of rotatable bonds is 17. The number of hydrogen-bond acceptors (Lipinski definition) is 6. The lowest BCUT2D eigenvalue weighted by atomic mass is 10.0. The minimum absolute atomic E-state index is 0.0108. The summed E-state index contributed by atoms with van der Waals surface area (Å²) >= 11 is 0. The Bertz CT molecular complexity index is 876. The number of likely N-dealkylation sites (tertiary alicyclic amines) is 1. The molecule has 0 radical (unpaired) electrons. The number of nitrogens with one attached hydrogen (secondary N) is 2. The highest BCUT2D eigenvalue weighted by Gasteiger charge is 2.33. The standard InChI is InChI=1S/C26H44N8O3/c27-15-6-4-12-21(24(36)32-20(23(28)35)11-5-7-16-31-26(29)30)33-25(37)22-13-8-17-34(22)18-14-19-9-2-1-3-10-19/h1-3,9-10,20-22H,4-8,11-18,27H2,(H2,28,35)(H,32,36)(H,33,37)(H4,29,30,31)/t20-,21-,22-/m0/s1. The van der Waals surface area contributed by atoms with Crippen LogP contribution >= 0.6 is 0 Å². The average molecular weight is 517 g/mol. The zero-order valence-electron chi connectivity index (χ0n) is 21.7. The van der Waals surface area contributed by atoms with Gasteiger partial charge in [0.1, 0.15) is 12.1 Å². The Morgan fingerprint density at radius 3 is 2.35 bits per heavy atom. The summed E-state index contributed by atoms with van der Waals surface area (Å²) in [5.74, 6) is -1.18. The molecule has 1 heterocycles. The van der Waals surface area contributed by atoms with Gasteiger partial charge in [-0.05, 0) is 76.4 Å². The normalized spacial score (nSPS) is 17.1. The van der Waals surface area contributed by atoms with Crippen LogP contribution in [0.4, 0.5) is 0 Å². The molecule has 3 amide bonds. The summed E-state index contributed by atoms with van der Waals surface area (Å²) in [5.41, 5.74) is 23.0. The lowest BCUT2D eigenvalue weighted by molar-refractivity contribution is -0.133. The third-order valence-electron chi connectivity index (χ3n) is 6.63. The van der Waals surface area contributed by atoms with E-state index < -0.39 is 23.9 Å². The van der Waals surface area contributed by atoms with Crippen molar-refractivity contribution < 1.29 is 14.4 Å². The lowest BCUT2D eigenvalue weighted by Gasteiger charge is -2.27. The number of nitrogens with zero attached hydrogens (tertiary/aromatic N) is 2. The second kappa shape index (κ2) is 16.5. The van der Waals surface area contributed by atoms with Crippen molar-refractivity contribution in [3.05, 3.63) is 35.9 Å². The number of nitrogens with two attached hydrogens (primary N) is 4. The van der Waals surface area contributed by atoms with Gasteiger partial charge in [0.2, 0.25) is 17.7 Å². The zero-order chi connectivity index (χ0) is 27.0. The Hall–Kier alpha value is -3.18. The van der Waals surface area contributed by atoms with Crippen molar-refractivity contribution in [2.45, 2.75) is 75.9 Å². The summed E-state index contributed by atoms with van der Waals surface area (Å²) in [7, 11) is 0. The maximum Gasteiger partial charge on any atom is 0.243 e. The molecule has 10 N–H and O–H groups in total. The van der Waals surface area contributed by atoms with Crippen molar-refractivity contribution >= 4 is 23.7 Å². The molecule has 0 aliphatic carbocycles. The summed E-state index contributed by atoms with van der Waals surface area (Å²) in [4.78, 5) is 44.5. The molecule has 0 saturated carbocycles. The molecule has 1 aromatic carbocycles. The molecule has 1 aliphatic heterocycles. The zero-order valence-corrected chi connectivity index (χ0v) is 21.7. The van der Waals surface area contributed by atoms with E-state index in [1.807, 2.05) is 18.2 Å². The summed E-state index contributed by atoms with van der Waals surface area (Å²) in [6, 6.07) is 8.29. The summed E-state index contributed by atoms with van der Waals surface area (Å²) in [6.07, 6.45) is 5.99. The van der Waals surface area contributed by atoms with Gasteiger partial charge in [-0.15, -0.1) is 0 Å². The third-order valence-corrected chi connectivity index (χ3v) is 6.63. The largest absolute Gasteiger partial charge is 0.370 e. The number of hydrogen-bond donors (Lipinski definition) is 6. The molecule has 1 fully saturated rings. The molecule has 1 saturated heterocycles. The van der Waals surface area contributed by atoms with Gasteiger partial charge >= 0.3 is 0 Å². The number of guanidine groups is 1. The van der Waals surface area contributed by atoms with Gasteiger partial charge in [-0.2, -0.15) is 0 Å². The van der Waals surface area contributed by atoms with E-state index in [-0.39, 0.29) is 17.9 Å². The van der Waals surface area contributed by atoms with Gasteiger partial charge in [0.25, 0.3) is 0 Å². The maximum atomic E-state index is 13.3. The van der Waals surface area contributed by atoms with Crippen LogP contribution in [0.2, 0.25) is 0 Å². The minimum atomic E-state index is -0.838. The fourth-order valence-electron chi connectivity index (χ4n) is 4.56. The molecule has 11 heteroatoms. The highest BCUT2D eigenvalue weighted by atomic mass is 16.2. The second-order valence-corrected chi connectivity index (χ2v) is 9.54. The number of carbonyl (C=O) groups is 3. The van der Waals surface area contributed by atoms with Crippen LogP contribution in [0.1, 0.15) is 56.9 Å². The molecular formula is C26H44N8O3. The van der Waals surface area contributed by atoms with Gasteiger partial charge in [-0.3, -0.25) is 24.3 Å². The quantitative estimate of drug-likeness (QED) is 0.0930. The molecule has 3 atom stereocenters. The van der Waals surface area contributed by atoms with E-state index in [1.165, 1.54) is 5.56 Å². The van der Waals surface area contributed by atoms with Gasteiger partial charge in [0.15, 0.2) is 5.96 Å². The summed E-state index contributed by atoms with van der Waals surface area (Å²) in [5, 5.41) is 5.69. The van der Waals surface area contributed by atoms with E-state index in [0.717, 1.165) is 38.8 Å². The summed E-state index contributed by atoms with van der Waals surface area (Å²) < 4.78 is 0. The molecule has 1 aromatic rings. The van der Waals surface area contributed by atoms with Crippen molar-refractivity contribution in [3.63, 3.8) is 0 Å². The fraction of sp³-hybridized carbons (Fsp3) is 0.615. The number of unbranched alkanes of at least 4 members (excludes halogenated alkanes) is 2. The van der Waals surface area contributed by atoms with Gasteiger partial charge in [0, 0.05) is 13.1 Å². The number of primary amides is 1. The number of carbonyl (C=O) groups excluding carboxylic acids is 3. The van der Waals surface area contributed by atoms with E-state index in [2.05, 4.69) is 32.7 Å². The first-order valence-electron chi connectivity index (χ1n) is 13.2. The van der Waals surface area contributed by atoms with Crippen LogP contribution in [0.3, 0.4) is 0 Å². The summed E-state index contributed by atoms with van der Waals surface area (Å²) in [6.45, 7) is 2.55. The van der Waals surface area contributed by atoms with Crippen molar-refractivity contribution in [2.75, 3.05) is 26.2 Å². The molecule has 0 aromatic heterocycles. The van der Waals surface area contributed by atoms with E-state index in [1.54, 1.807) is 0 Å². The van der Waals surface area contributed by atoms with Crippen molar-refractivity contribution in [3.8, 4) is 0 Å². The number of amides is 3. The molecule has 11 nitrogen and oxygen atoms in total. The first-order valence-corrected chi connectivity index (χ1v) is 13.2. The van der Waals surface area contributed by atoms with Crippen LogP contribution in [0, 0.1) is 0 Å². The number of benzene rings is 1. The third kappa shape index (κ3) is 11.2. The smallest absolute Gasteiger partial charge is 0.243 e. The molecule has 0 bridgehead atoms. The van der Waals surface area contributed by atoms with Crippen LogP contribution in [-0.2, 0) is 20.8 Å². The van der Waals surface area contributed by atoms with Gasteiger partial charge < -0.3 is 33.6 Å². The number of aliphatic imine (C=N–C) groups is 1. The molecule has 2 rings (SSSR count). The SMILES string of the molecule is NCCCC[C@H](NC(=O)[C@@H]1CCCN1CCc1ccccc1)C(=O)N[C@@H](CCCCN=C(N)N)C(N)=O. The Balaban J connectivity index is 1.96. The second-order valence-electron chi connectivity index (χ2n) is 9.54. The minimum Gasteiger partial charge on any atom is -0.370 e. The van der Waals surface area contributed by atoms with Crippen molar-refractivity contribution in [1.29, 1.82) is 0 Å². The molecule has 0 unspecified atom stereocenters. The average Bonchev–Trinajstić information content (AvgIpc) is 3.35. The Labute approximate surface area is 219 Å². The Morgan fingerprint density at radius 2 is 1.68 bits per heavy atom. The lowest BCUT2D eigenvalue weighted by Crippen LogP contribution is -2.55. The van der Waals surface area contributed by atoms with E-state index in [0.29, 0.717) is 45.2 Å². The highest BCUT2D eigenvalue weighted by molar-refractivity contribution is 5.92. The molecule has 1 aliphatic rings. The molecule has 206 valence electrons. The first kappa shape index (κ1) is 30.0. The van der Waals surface area contributed by atoms with E-state index in [4.69, 9.17) is 22.9 Å². The Kier molecular flexibility index (Phi) is 13.4. The monoisotopic (exact) mass is 516 g/mol. The van der Waals surface area contributed by atoms with E-state index >= 15 is 0 Å². The first-order chi connectivity index (χ1) is 17.8. The van der Waals surface area contributed by atoms with Crippen LogP contribution in [0.5, 0.6) is 0 Å². The van der Waals surface area contributed by atoms with Crippen LogP contribution in [0.25, 0.3) is 0 Å². The van der Waals surface area contributed by atoms with Crippen molar-refractivity contribution in [1.82, 2.24) is 15.5 Å². The van der Waals surface area contributed by atoms with E-state index in [9.17, 15) is 14.4 Å². The highest BCUT2D eigenvalue weighted by Crippen LogP contribution is 2.19. The maximum absolute atomic E-state index is 13.3. The van der Waals surface area contributed by atoms with Crippen molar-refractivity contribution in [2.24, 2.45) is 27.9 Å². The molecule has 37 heavy (non-hydrogen) atoms. The topological polar surface area (TPSA) is 195 Å². The van der Waals surface area contributed by atoms with Crippen LogP contribution in [0.15, 0.2) is 35.3 Å². The van der Waals surface area contributed by atoms with Crippen LogP contribution in [-0.4, -0.2) is 72.9 Å². The molecule has 0 spiro atoms.